The summed E-state index contributed by atoms with van der Waals surface area (Å²) >= 11 is 2.32. The first-order valence-corrected chi connectivity index (χ1v) is 16.9. The van der Waals surface area contributed by atoms with E-state index < -0.39 is 11.8 Å². The average Bonchev–Trinajstić information content (AvgIpc) is 2.97. The second-order valence-corrected chi connectivity index (χ2v) is 12.0. The Labute approximate surface area is 257 Å². The highest BCUT2D eigenvalue weighted by atomic mass is 127. The Kier molecular flexibility index (Phi) is 13.4. The molecule has 0 saturated heterocycles. The number of esters is 1. The highest BCUT2D eigenvalue weighted by molar-refractivity contribution is 14.2. The zero-order chi connectivity index (χ0) is 29.6. The molecular formula is C33H34FIO5S. The van der Waals surface area contributed by atoms with Gasteiger partial charge in [0, 0.05) is 11.3 Å². The summed E-state index contributed by atoms with van der Waals surface area (Å²) in [5.41, 5.74) is 2.96. The Morgan fingerprint density at radius 2 is 1.61 bits per heavy atom. The third-order valence-corrected chi connectivity index (χ3v) is 8.04. The van der Waals surface area contributed by atoms with E-state index in [0.29, 0.717) is 18.5 Å². The van der Waals surface area contributed by atoms with Gasteiger partial charge in [-0.2, -0.15) is 0 Å². The number of ether oxygens (including phenoxy) is 3. The molecule has 41 heavy (non-hydrogen) atoms. The molecular weight excluding hydrogens is 654 g/mol. The maximum absolute atomic E-state index is 14.0. The Balaban J connectivity index is 0.000000389. The lowest BCUT2D eigenvalue weighted by Crippen LogP contribution is -2.09. The van der Waals surface area contributed by atoms with E-state index in [-0.39, 0.29) is 11.3 Å². The van der Waals surface area contributed by atoms with Crippen LogP contribution in [0.3, 0.4) is 0 Å². The van der Waals surface area contributed by atoms with Crippen molar-refractivity contribution in [1.82, 2.24) is 0 Å². The minimum atomic E-state index is -0.760. The van der Waals surface area contributed by atoms with Crippen molar-refractivity contribution in [3.63, 3.8) is 0 Å². The van der Waals surface area contributed by atoms with E-state index in [0.717, 1.165) is 41.2 Å². The molecule has 0 N–H and O–H groups in total. The summed E-state index contributed by atoms with van der Waals surface area (Å²) in [4.78, 5) is 23.1. The lowest BCUT2D eigenvalue weighted by atomic mass is 10.1. The third kappa shape index (κ3) is 10.3. The molecule has 0 radical (unpaired) electrons. The summed E-state index contributed by atoms with van der Waals surface area (Å²) in [6.07, 6.45) is 5.18. The SMILES string of the molecule is COc1ccc(C)cc1C.O=Cc1ccc(OC(=O)c2ccc3cc(OCCCCCCSI)ccc3c2)c(F)c1. The molecule has 0 atom stereocenters. The first-order valence-electron chi connectivity index (χ1n) is 13.3. The Morgan fingerprint density at radius 3 is 2.32 bits per heavy atom. The molecule has 0 aliphatic carbocycles. The number of halogens is 2. The highest BCUT2D eigenvalue weighted by Crippen LogP contribution is 2.24. The summed E-state index contributed by atoms with van der Waals surface area (Å²) in [6, 6.07) is 20.7. The first kappa shape index (κ1) is 32.4. The van der Waals surface area contributed by atoms with Gasteiger partial charge < -0.3 is 14.2 Å². The van der Waals surface area contributed by atoms with Crippen LogP contribution in [-0.2, 0) is 0 Å². The largest absolute Gasteiger partial charge is 0.496 e. The fourth-order valence-corrected chi connectivity index (χ4v) is 5.35. The number of hydrogen-bond donors (Lipinski definition) is 0. The number of hydrogen-bond acceptors (Lipinski definition) is 6. The fraction of sp³-hybridized carbons (Fsp3) is 0.273. The molecule has 5 nitrogen and oxygen atoms in total. The van der Waals surface area contributed by atoms with E-state index in [1.807, 2.05) is 52.3 Å². The zero-order valence-corrected chi connectivity index (χ0v) is 26.4. The lowest BCUT2D eigenvalue weighted by Gasteiger charge is -2.09. The van der Waals surface area contributed by atoms with Gasteiger partial charge in [0.15, 0.2) is 11.6 Å². The molecule has 4 rings (SSSR count). The molecule has 4 aromatic rings. The monoisotopic (exact) mass is 688 g/mol. The maximum Gasteiger partial charge on any atom is 0.343 e. The van der Waals surface area contributed by atoms with Crippen molar-refractivity contribution < 1.29 is 28.2 Å². The predicted molar refractivity (Wildman–Crippen MR) is 174 cm³/mol. The molecule has 0 bridgehead atoms. The van der Waals surface area contributed by atoms with Gasteiger partial charge in [-0.15, -0.1) is 0 Å². The van der Waals surface area contributed by atoms with Gasteiger partial charge in [-0.05, 0) is 113 Å². The number of aryl methyl sites for hydroxylation is 2. The summed E-state index contributed by atoms with van der Waals surface area (Å²) in [5, 5.41) is 1.80. The Morgan fingerprint density at radius 1 is 0.878 bits per heavy atom. The maximum atomic E-state index is 14.0. The highest BCUT2D eigenvalue weighted by Gasteiger charge is 2.13. The van der Waals surface area contributed by atoms with Gasteiger partial charge in [-0.3, -0.25) is 4.79 Å². The average molecular weight is 689 g/mol. The van der Waals surface area contributed by atoms with Gasteiger partial charge in [-0.25, -0.2) is 9.18 Å². The van der Waals surface area contributed by atoms with E-state index in [4.69, 9.17) is 14.2 Å². The minimum Gasteiger partial charge on any atom is -0.496 e. The first-order chi connectivity index (χ1) is 19.8. The fourth-order valence-electron chi connectivity index (χ4n) is 4.10. The summed E-state index contributed by atoms with van der Waals surface area (Å²) in [5.74, 6) is 1.31. The van der Waals surface area contributed by atoms with Crippen LogP contribution in [0.25, 0.3) is 10.8 Å². The van der Waals surface area contributed by atoms with Gasteiger partial charge >= 0.3 is 5.97 Å². The van der Waals surface area contributed by atoms with Gasteiger partial charge in [0.05, 0.1) is 19.3 Å². The molecule has 0 aliphatic rings. The zero-order valence-electron chi connectivity index (χ0n) is 23.5. The number of methoxy groups -OCH3 is 1. The number of aldehydes is 1. The third-order valence-electron chi connectivity index (χ3n) is 6.28. The smallest absolute Gasteiger partial charge is 0.343 e. The molecule has 216 valence electrons. The normalized spacial score (nSPS) is 10.5. The van der Waals surface area contributed by atoms with Gasteiger partial charge in [0.1, 0.15) is 17.8 Å². The summed E-state index contributed by atoms with van der Waals surface area (Å²) in [7, 11) is 3.54. The van der Waals surface area contributed by atoms with Crippen molar-refractivity contribution in [1.29, 1.82) is 0 Å². The van der Waals surface area contributed by atoms with Crippen LogP contribution in [-0.4, -0.2) is 31.7 Å². The predicted octanol–water partition coefficient (Wildman–Crippen LogP) is 9.35. The second kappa shape index (κ2) is 17.0. The van der Waals surface area contributed by atoms with Crippen molar-refractivity contribution in [3.05, 3.63) is 101 Å². The number of carbonyl (C=O) groups excluding carboxylic acids is 2. The van der Waals surface area contributed by atoms with Crippen LogP contribution in [0.2, 0.25) is 0 Å². The number of rotatable bonds is 12. The molecule has 4 aromatic carbocycles. The molecule has 0 heterocycles. The van der Waals surface area contributed by atoms with Crippen molar-refractivity contribution in [2.45, 2.75) is 39.5 Å². The van der Waals surface area contributed by atoms with Gasteiger partial charge in [0.2, 0.25) is 0 Å². The van der Waals surface area contributed by atoms with Crippen LogP contribution in [0, 0.1) is 19.7 Å². The number of fused-ring (bicyclic) bond motifs is 1. The van der Waals surface area contributed by atoms with E-state index in [1.165, 1.54) is 41.9 Å². The number of carbonyl (C=O) groups is 2. The van der Waals surface area contributed by atoms with Crippen LogP contribution in [0.15, 0.2) is 72.8 Å². The molecule has 0 aliphatic heterocycles. The minimum absolute atomic E-state index is 0.177. The van der Waals surface area contributed by atoms with Crippen LogP contribution in [0.4, 0.5) is 4.39 Å². The lowest BCUT2D eigenvalue weighted by molar-refractivity contribution is 0.0728. The molecule has 0 unspecified atom stereocenters. The molecule has 0 aromatic heterocycles. The molecule has 0 saturated carbocycles. The second-order valence-electron chi connectivity index (χ2n) is 9.47. The topological polar surface area (TPSA) is 61.8 Å². The number of benzene rings is 4. The van der Waals surface area contributed by atoms with E-state index >= 15 is 0 Å². The van der Waals surface area contributed by atoms with Crippen LogP contribution < -0.4 is 14.2 Å². The van der Waals surface area contributed by atoms with Crippen molar-refractivity contribution in [2.75, 3.05) is 19.5 Å². The van der Waals surface area contributed by atoms with Crippen molar-refractivity contribution in [2.24, 2.45) is 0 Å². The Bertz CT molecular complexity index is 1460. The van der Waals surface area contributed by atoms with Crippen LogP contribution in [0.1, 0.15) is 57.5 Å². The van der Waals surface area contributed by atoms with Crippen molar-refractivity contribution >= 4 is 53.2 Å². The summed E-state index contributed by atoms with van der Waals surface area (Å²) < 4.78 is 30.1. The Hall–Kier alpha value is -3.11. The molecule has 8 heteroatoms. The van der Waals surface area contributed by atoms with E-state index in [1.54, 1.807) is 19.2 Å². The standard InChI is InChI=1S/C24H22FIO4S.C9H12O/c25-22-13-17(16-27)5-10-23(22)30-24(28)20-7-6-19-15-21(9-8-18(19)14-20)29-11-3-1-2-4-12-31-26;1-7-4-5-9(10-3)8(2)6-7/h5-10,13-16H,1-4,11-12H2;4-6H,1-3H3. The van der Waals surface area contributed by atoms with Crippen LogP contribution in [0.5, 0.6) is 17.2 Å². The molecule has 0 fully saturated rings. The van der Waals surface area contributed by atoms with E-state index in [2.05, 4.69) is 34.2 Å². The van der Waals surface area contributed by atoms with Gasteiger partial charge in [0.25, 0.3) is 0 Å². The van der Waals surface area contributed by atoms with Crippen molar-refractivity contribution in [3.8, 4) is 17.2 Å². The van der Waals surface area contributed by atoms with Crippen LogP contribution >= 0.6 is 30.1 Å². The molecule has 0 spiro atoms. The molecule has 0 amide bonds. The summed E-state index contributed by atoms with van der Waals surface area (Å²) in [6.45, 7) is 4.81. The number of unbranched alkanes of at least 4 members (excludes halogenated alkanes) is 3. The van der Waals surface area contributed by atoms with E-state index in [9.17, 15) is 14.0 Å². The van der Waals surface area contributed by atoms with Gasteiger partial charge in [-0.1, -0.05) is 51.6 Å². The quantitative estimate of drug-likeness (QED) is 0.0486.